The van der Waals surface area contributed by atoms with Crippen LogP contribution in [0.1, 0.15) is 97.8 Å². The normalized spacial score (nSPS) is 56.0. The van der Waals surface area contributed by atoms with E-state index in [1.54, 1.807) is 0 Å². The van der Waals surface area contributed by atoms with Gasteiger partial charge in [0.15, 0.2) is 0 Å². The molecular weight excluding hydrogens is 316 g/mol. The molecule has 1 spiro atoms. The Morgan fingerprint density at radius 2 is 1.65 bits per heavy atom. The second-order valence-electron chi connectivity index (χ2n) is 11.6. The van der Waals surface area contributed by atoms with Gasteiger partial charge < -0.3 is 0 Å². The van der Waals surface area contributed by atoms with Crippen LogP contribution in [-0.2, 0) is 4.79 Å². The smallest absolute Gasteiger partial charge is 0.133 e. The third kappa shape index (κ3) is 2.30. The van der Waals surface area contributed by atoms with Gasteiger partial charge in [-0.25, -0.2) is 0 Å². The standard InChI is InChI=1S/C25H40O/c1-16-10-13-24(3)18(15-16)6-7-20-21(24)11-14-25-12-4-5-19(17(2)26)22(25)8-9-23(20)25/h16,18-23H,4-15H2,1-3H3/t16-,18+,19-,20?,21?,22-,23?,24+,25-/m1/s1. The van der Waals surface area contributed by atoms with Crippen LogP contribution >= 0.6 is 0 Å². The Hall–Kier alpha value is -0.330. The summed E-state index contributed by atoms with van der Waals surface area (Å²) in [6.45, 7) is 7.08. The van der Waals surface area contributed by atoms with Crippen molar-refractivity contribution in [3.05, 3.63) is 0 Å². The number of carbonyl (C=O) groups is 1. The molecule has 146 valence electrons. The molecule has 9 atom stereocenters. The minimum Gasteiger partial charge on any atom is -0.300 e. The van der Waals surface area contributed by atoms with Crippen LogP contribution in [0.4, 0.5) is 0 Å². The molecule has 1 heteroatoms. The molecule has 0 aliphatic heterocycles. The van der Waals surface area contributed by atoms with Gasteiger partial charge in [-0.05, 0) is 117 Å². The van der Waals surface area contributed by atoms with E-state index in [0.717, 1.165) is 35.5 Å². The zero-order valence-corrected chi connectivity index (χ0v) is 17.4. The first-order valence-corrected chi connectivity index (χ1v) is 12.0. The van der Waals surface area contributed by atoms with Gasteiger partial charge in [0.05, 0.1) is 0 Å². The summed E-state index contributed by atoms with van der Waals surface area (Å²) in [7, 11) is 0. The van der Waals surface area contributed by atoms with Crippen molar-refractivity contribution in [1.29, 1.82) is 0 Å². The van der Waals surface area contributed by atoms with E-state index in [0.29, 0.717) is 22.5 Å². The fraction of sp³-hybridized carbons (Fsp3) is 0.960. The van der Waals surface area contributed by atoms with Gasteiger partial charge in [0.1, 0.15) is 5.78 Å². The fourth-order valence-electron chi connectivity index (χ4n) is 9.76. The highest BCUT2D eigenvalue weighted by molar-refractivity contribution is 5.78. The number of hydrogen-bond donors (Lipinski definition) is 0. The molecule has 0 amide bonds. The van der Waals surface area contributed by atoms with Gasteiger partial charge in [-0.1, -0.05) is 26.7 Å². The molecule has 1 nitrogen and oxygen atoms in total. The first-order valence-electron chi connectivity index (χ1n) is 12.0. The molecule has 0 radical (unpaired) electrons. The lowest BCUT2D eigenvalue weighted by atomic mass is 9.42. The lowest BCUT2D eigenvalue weighted by Gasteiger charge is -2.62. The Morgan fingerprint density at radius 1 is 0.846 bits per heavy atom. The topological polar surface area (TPSA) is 17.1 Å². The summed E-state index contributed by atoms with van der Waals surface area (Å²) >= 11 is 0. The maximum Gasteiger partial charge on any atom is 0.133 e. The molecule has 0 N–H and O–H groups in total. The van der Waals surface area contributed by atoms with Crippen LogP contribution in [-0.4, -0.2) is 5.78 Å². The van der Waals surface area contributed by atoms with E-state index in [1.807, 2.05) is 6.92 Å². The summed E-state index contributed by atoms with van der Waals surface area (Å²) in [4.78, 5) is 12.4. The molecule has 5 fully saturated rings. The average Bonchev–Trinajstić information content (AvgIpc) is 3.02. The number of carbonyl (C=O) groups excluding carboxylic acids is 1. The van der Waals surface area contributed by atoms with Crippen LogP contribution in [0.5, 0.6) is 0 Å². The van der Waals surface area contributed by atoms with E-state index in [2.05, 4.69) is 13.8 Å². The van der Waals surface area contributed by atoms with E-state index in [1.165, 1.54) is 77.0 Å². The minimum absolute atomic E-state index is 0.410. The lowest BCUT2D eigenvalue weighted by molar-refractivity contribution is -0.143. The predicted octanol–water partition coefficient (Wildman–Crippen LogP) is 6.65. The molecule has 3 unspecified atom stereocenters. The number of fused-ring (bicyclic) bond motifs is 4. The van der Waals surface area contributed by atoms with Gasteiger partial charge in [0, 0.05) is 5.92 Å². The van der Waals surface area contributed by atoms with Gasteiger partial charge >= 0.3 is 0 Å². The summed E-state index contributed by atoms with van der Waals surface area (Å²) in [5.41, 5.74) is 1.21. The number of hydrogen-bond acceptors (Lipinski definition) is 1. The summed E-state index contributed by atoms with van der Waals surface area (Å²) < 4.78 is 0. The molecule has 0 saturated heterocycles. The van der Waals surface area contributed by atoms with Crippen molar-refractivity contribution in [3.63, 3.8) is 0 Å². The van der Waals surface area contributed by atoms with E-state index < -0.39 is 0 Å². The zero-order valence-electron chi connectivity index (χ0n) is 17.4. The SMILES string of the molecule is CC(=O)[C@H]1CCC[C@]23CCC4C(CC[C@H]5C[C@H](C)CC[C@]45C)C2CC[C@H]13. The maximum absolute atomic E-state index is 12.4. The second kappa shape index (κ2) is 6.08. The van der Waals surface area contributed by atoms with Crippen LogP contribution in [0.3, 0.4) is 0 Å². The van der Waals surface area contributed by atoms with Gasteiger partial charge in [0.25, 0.3) is 0 Å². The number of ketones is 1. The van der Waals surface area contributed by atoms with Crippen LogP contribution in [0.25, 0.3) is 0 Å². The Balaban J connectivity index is 1.44. The molecule has 0 aromatic heterocycles. The van der Waals surface area contributed by atoms with E-state index in [4.69, 9.17) is 0 Å². The molecule has 5 aliphatic carbocycles. The highest BCUT2D eigenvalue weighted by Gasteiger charge is 2.63. The van der Waals surface area contributed by atoms with Crippen LogP contribution in [0.15, 0.2) is 0 Å². The highest BCUT2D eigenvalue weighted by atomic mass is 16.1. The minimum atomic E-state index is 0.410. The number of Topliss-reactive ketones (excluding diaryl/α,β-unsaturated/α-hetero) is 1. The van der Waals surface area contributed by atoms with E-state index in [-0.39, 0.29) is 0 Å². The Labute approximate surface area is 161 Å². The molecule has 5 aliphatic rings. The second-order valence-corrected chi connectivity index (χ2v) is 11.6. The van der Waals surface area contributed by atoms with Gasteiger partial charge in [-0.3, -0.25) is 4.79 Å². The summed E-state index contributed by atoms with van der Waals surface area (Å²) in [5.74, 6) is 6.60. The monoisotopic (exact) mass is 356 g/mol. The zero-order chi connectivity index (χ0) is 18.1. The third-order valence-electron chi connectivity index (χ3n) is 10.9. The highest BCUT2D eigenvalue weighted by Crippen LogP contribution is 2.71. The summed E-state index contributed by atoms with van der Waals surface area (Å²) in [5, 5.41) is 0. The molecule has 0 heterocycles. The molecule has 5 rings (SSSR count). The van der Waals surface area contributed by atoms with Crippen molar-refractivity contribution in [2.75, 3.05) is 0 Å². The molecule has 0 aromatic rings. The first kappa shape index (κ1) is 17.7. The first-order chi connectivity index (χ1) is 12.5. The van der Waals surface area contributed by atoms with Gasteiger partial charge in [0.2, 0.25) is 0 Å². The fourth-order valence-corrected chi connectivity index (χ4v) is 9.76. The maximum atomic E-state index is 12.4. The van der Waals surface area contributed by atoms with Crippen molar-refractivity contribution < 1.29 is 4.79 Å². The van der Waals surface area contributed by atoms with Crippen LogP contribution < -0.4 is 0 Å². The van der Waals surface area contributed by atoms with Crippen molar-refractivity contribution >= 4 is 5.78 Å². The van der Waals surface area contributed by atoms with E-state index in [9.17, 15) is 4.79 Å². The molecule has 5 saturated carbocycles. The van der Waals surface area contributed by atoms with Crippen LogP contribution in [0, 0.1) is 52.3 Å². The third-order valence-corrected chi connectivity index (χ3v) is 10.9. The summed E-state index contributed by atoms with van der Waals surface area (Å²) in [6, 6.07) is 0. The van der Waals surface area contributed by atoms with Crippen molar-refractivity contribution in [2.24, 2.45) is 52.3 Å². The van der Waals surface area contributed by atoms with E-state index >= 15 is 0 Å². The molecule has 0 aromatic carbocycles. The van der Waals surface area contributed by atoms with Gasteiger partial charge in [-0.2, -0.15) is 0 Å². The predicted molar refractivity (Wildman–Crippen MR) is 107 cm³/mol. The van der Waals surface area contributed by atoms with Crippen LogP contribution in [0.2, 0.25) is 0 Å². The lowest BCUT2D eigenvalue weighted by Crippen LogP contribution is -2.55. The Bertz CT molecular complexity index is 581. The largest absolute Gasteiger partial charge is 0.300 e. The van der Waals surface area contributed by atoms with Gasteiger partial charge in [-0.15, -0.1) is 0 Å². The number of rotatable bonds is 1. The average molecular weight is 357 g/mol. The Kier molecular flexibility index (Phi) is 4.15. The Morgan fingerprint density at radius 3 is 2.46 bits per heavy atom. The van der Waals surface area contributed by atoms with Crippen molar-refractivity contribution in [1.82, 2.24) is 0 Å². The molecule has 26 heavy (non-hydrogen) atoms. The van der Waals surface area contributed by atoms with Crippen molar-refractivity contribution in [3.8, 4) is 0 Å². The van der Waals surface area contributed by atoms with Crippen molar-refractivity contribution in [2.45, 2.75) is 97.8 Å². The molecule has 0 bridgehead atoms. The molecular formula is C25H40O. The quantitative estimate of drug-likeness (QED) is 0.514. The summed E-state index contributed by atoms with van der Waals surface area (Å²) in [6.07, 6.45) is 17.2.